The molecule has 1 N–H and O–H groups in total. The molecule has 1 amide bonds. The molecule has 0 aliphatic carbocycles. The normalized spacial score (nSPS) is 13.9. The molecule has 8 nitrogen and oxygen atoms in total. The van der Waals surface area contributed by atoms with Crippen molar-refractivity contribution in [2.24, 2.45) is 0 Å². The minimum Gasteiger partial charge on any atom is -0.437 e. The molecule has 0 bridgehead atoms. The summed E-state index contributed by atoms with van der Waals surface area (Å²) in [6, 6.07) is 13.7. The van der Waals surface area contributed by atoms with Gasteiger partial charge in [0, 0.05) is 43.1 Å². The molecule has 0 atom stereocenters. The number of carbonyl (C=O) groups is 1. The van der Waals surface area contributed by atoms with Crippen molar-refractivity contribution >= 4 is 32.6 Å². The Balaban J connectivity index is 1.43. The summed E-state index contributed by atoms with van der Waals surface area (Å²) in [4.78, 5) is 32.2. The van der Waals surface area contributed by atoms with Crippen LogP contribution >= 0.6 is 11.3 Å². The van der Waals surface area contributed by atoms with Crippen LogP contribution < -0.4 is 10.1 Å². The molecule has 2 aromatic carbocycles. The van der Waals surface area contributed by atoms with E-state index in [-0.39, 0.29) is 11.8 Å². The fraction of sp³-hybridized carbons (Fsp3) is 0.233. The lowest BCUT2D eigenvalue weighted by atomic mass is 10.1. The van der Waals surface area contributed by atoms with Gasteiger partial charge in [0.1, 0.15) is 5.52 Å². The second-order valence-corrected chi connectivity index (χ2v) is 10.9. The third-order valence-electron chi connectivity index (χ3n) is 6.83. The molecule has 1 aliphatic rings. The Kier molecular flexibility index (Phi) is 7.56. The van der Waals surface area contributed by atoms with Crippen molar-refractivity contribution < 1.29 is 22.7 Å². The van der Waals surface area contributed by atoms with Crippen molar-refractivity contribution in [3.05, 3.63) is 78.1 Å². The smallest absolute Gasteiger partial charge is 0.416 e. The van der Waals surface area contributed by atoms with E-state index in [1.165, 1.54) is 30.4 Å². The molecule has 42 heavy (non-hydrogen) atoms. The number of alkyl halides is 3. The summed E-state index contributed by atoms with van der Waals surface area (Å²) in [6.07, 6.45) is 1.28. The van der Waals surface area contributed by atoms with E-state index in [1.54, 1.807) is 24.5 Å². The monoisotopic (exact) mass is 590 g/mol. The number of hydrogen-bond acceptors (Lipinski definition) is 8. The number of pyridine rings is 1. The lowest BCUT2D eigenvalue weighted by Gasteiger charge is -2.17. The number of nitrogens with zero attached hydrogens (tertiary/aromatic N) is 5. The molecule has 6 rings (SSSR count). The van der Waals surface area contributed by atoms with E-state index in [0.29, 0.717) is 40.0 Å². The number of amides is 1. The molecule has 3 aromatic heterocycles. The largest absolute Gasteiger partial charge is 0.437 e. The first-order valence-corrected chi connectivity index (χ1v) is 14.1. The lowest BCUT2D eigenvalue weighted by molar-refractivity contribution is -0.137. The highest BCUT2D eigenvalue weighted by Crippen LogP contribution is 2.37. The average Bonchev–Trinajstić information content (AvgIpc) is 3.62. The summed E-state index contributed by atoms with van der Waals surface area (Å²) >= 11 is 1.31. The van der Waals surface area contributed by atoms with Crippen molar-refractivity contribution in [1.82, 2.24) is 24.8 Å². The van der Waals surface area contributed by atoms with Crippen LogP contribution in [0.5, 0.6) is 11.6 Å². The third kappa shape index (κ3) is 6.09. The number of benzene rings is 2. The van der Waals surface area contributed by atoms with Gasteiger partial charge >= 0.3 is 6.18 Å². The van der Waals surface area contributed by atoms with Gasteiger partial charge in [0.2, 0.25) is 11.8 Å². The molecule has 5 aromatic rings. The molecule has 1 fully saturated rings. The van der Waals surface area contributed by atoms with E-state index in [9.17, 15) is 18.0 Å². The first-order valence-electron chi connectivity index (χ1n) is 13.3. The van der Waals surface area contributed by atoms with E-state index in [1.807, 2.05) is 18.2 Å². The summed E-state index contributed by atoms with van der Waals surface area (Å²) in [5.41, 5.74) is 2.38. The predicted octanol–water partition coefficient (Wildman–Crippen LogP) is 7.18. The highest BCUT2D eigenvalue weighted by atomic mass is 32.1. The number of halogens is 3. The highest BCUT2D eigenvalue weighted by Gasteiger charge is 2.30. The van der Waals surface area contributed by atoms with Gasteiger partial charge in [-0.2, -0.15) is 18.2 Å². The molecule has 1 aliphatic heterocycles. The standard InChI is InChI=1S/C30H25F3N6O2S/c1-18(40)35-29-38-27-24(5-4-6-25(27)42-29)41-26-15-23(19-7-9-21(10-8-19)30(31,32)33)36-28(37-26)22-11-12-34-16-20(22)17-39-13-2-3-14-39/h4-12,15-16H,2-3,13-14,17H2,1H3,(H,35,38,40). The lowest BCUT2D eigenvalue weighted by Crippen LogP contribution is -2.19. The number of aromatic nitrogens is 4. The van der Waals surface area contributed by atoms with E-state index in [4.69, 9.17) is 14.7 Å². The number of fused-ring (bicyclic) bond motifs is 1. The first kappa shape index (κ1) is 27.7. The maximum atomic E-state index is 13.2. The van der Waals surface area contributed by atoms with Crippen LogP contribution in [0.4, 0.5) is 18.3 Å². The second-order valence-electron chi connectivity index (χ2n) is 9.91. The van der Waals surface area contributed by atoms with Gasteiger partial charge < -0.3 is 10.1 Å². The summed E-state index contributed by atoms with van der Waals surface area (Å²) in [5, 5.41) is 3.13. The van der Waals surface area contributed by atoms with Gasteiger partial charge in [0.05, 0.1) is 16.0 Å². The van der Waals surface area contributed by atoms with Crippen molar-refractivity contribution in [3.63, 3.8) is 0 Å². The Morgan fingerprint density at radius 3 is 2.57 bits per heavy atom. The van der Waals surface area contributed by atoms with Gasteiger partial charge in [0.15, 0.2) is 16.7 Å². The van der Waals surface area contributed by atoms with E-state index in [0.717, 1.165) is 53.9 Å². The van der Waals surface area contributed by atoms with E-state index >= 15 is 0 Å². The SMILES string of the molecule is CC(=O)Nc1nc2c(Oc3cc(-c4ccc(C(F)(F)F)cc4)nc(-c4ccncc4CN4CCCC4)n3)cccc2s1. The number of nitrogens with one attached hydrogen (secondary N) is 1. The Morgan fingerprint density at radius 1 is 1.05 bits per heavy atom. The van der Waals surface area contributed by atoms with Crippen LogP contribution in [-0.4, -0.2) is 43.8 Å². The van der Waals surface area contributed by atoms with Gasteiger partial charge in [0.25, 0.3) is 0 Å². The van der Waals surface area contributed by atoms with Gasteiger partial charge in [-0.3, -0.25) is 14.7 Å². The molecular weight excluding hydrogens is 565 g/mol. The van der Waals surface area contributed by atoms with Crippen LogP contribution in [0.3, 0.4) is 0 Å². The van der Waals surface area contributed by atoms with Gasteiger partial charge in [-0.05, 0) is 61.8 Å². The summed E-state index contributed by atoms with van der Waals surface area (Å²) in [7, 11) is 0. The molecule has 4 heterocycles. The summed E-state index contributed by atoms with van der Waals surface area (Å²) < 4.78 is 46.8. The first-order chi connectivity index (χ1) is 20.2. The van der Waals surface area contributed by atoms with Crippen molar-refractivity contribution in [3.8, 4) is 34.3 Å². The fourth-order valence-corrected chi connectivity index (χ4v) is 5.78. The zero-order valence-electron chi connectivity index (χ0n) is 22.5. The molecule has 0 saturated carbocycles. The maximum Gasteiger partial charge on any atom is 0.416 e. The fourth-order valence-electron chi connectivity index (χ4n) is 4.85. The maximum absolute atomic E-state index is 13.2. The van der Waals surface area contributed by atoms with E-state index < -0.39 is 11.7 Å². The molecule has 12 heteroatoms. The minimum atomic E-state index is -4.45. The number of para-hydroxylation sites is 1. The van der Waals surface area contributed by atoms with Crippen molar-refractivity contribution in [1.29, 1.82) is 0 Å². The van der Waals surface area contributed by atoms with Crippen LogP contribution in [0.1, 0.15) is 30.9 Å². The Bertz CT molecular complexity index is 1750. The Hall–Kier alpha value is -4.42. The minimum absolute atomic E-state index is 0.195. The zero-order valence-corrected chi connectivity index (χ0v) is 23.3. The predicted molar refractivity (Wildman–Crippen MR) is 154 cm³/mol. The summed E-state index contributed by atoms with van der Waals surface area (Å²) in [6.45, 7) is 4.07. The molecule has 0 unspecified atom stereocenters. The third-order valence-corrected chi connectivity index (χ3v) is 7.76. The molecule has 1 saturated heterocycles. The van der Waals surface area contributed by atoms with Crippen LogP contribution in [0.2, 0.25) is 0 Å². The average molecular weight is 591 g/mol. The molecule has 0 spiro atoms. The molecule has 0 radical (unpaired) electrons. The van der Waals surface area contributed by atoms with Crippen molar-refractivity contribution in [2.45, 2.75) is 32.5 Å². The van der Waals surface area contributed by atoms with Crippen LogP contribution in [0, 0.1) is 0 Å². The second kappa shape index (κ2) is 11.5. The van der Waals surface area contributed by atoms with Crippen LogP contribution in [-0.2, 0) is 17.5 Å². The van der Waals surface area contributed by atoms with Gasteiger partial charge in [-0.15, -0.1) is 0 Å². The number of thiazole rings is 1. The summed E-state index contributed by atoms with van der Waals surface area (Å²) in [5.74, 6) is 0.736. The molecular formula is C30H25F3N6O2S. The van der Waals surface area contributed by atoms with Gasteiger partial charge in [-0.25, -0.2) is 9.97 Å². The number of carbonyl (C=O) groups excluding carboxylic acids is 1. The Labute approximate surface area is 243 Å². The van der Waals surface area contributed by atoms with Gasteiger partial charge in [-0.1, -0.05) is 29.5 Å². The van der Waals surface area contributed by atoms with Crippen LogP contribution in [0.15, 0.2) is 67.0 Å². The van der Waals surface area contributed by atoms with Crippen LogP contribution in [0.25, 0.3) is 32.9 Å². The Morgan fingerprint density at radius 2 is 1.83 bits per heavy atom. The number of anilines is 1. The van der Waals surface area contributed by atoms with Crippen molar-refractivity contribution in [2.75, 3.05) is 18.4 Å². The number of hydrogen-bond donors (Lipinski definition) is 1. The number of ether oxygens (including phenoxy) is 1. The van der Waals surface area contributed by atoms with E-state index in [2.05, 4.69) is 20.2 Å². The number of rotatable bonds is 7. The molecule has 214 valence electrons. The number of likely N-dealkylation sites (tertiary alicyclic amines) is 1. The zero-order chi connectivity index (χ0) is 29.3. The highest BCUT2D eigenvalue weighted by molar-refractivity contribution is 7.22. The quantitative estimate of drug-likeness (QED) is 0.215. The topological polar surface area (TPSA) is 93.1 Å².